The third-order valence-corrected chi connectivity index (χ3v) is 4.77. The number of aryl methyl sites for hydroxylation is 1. The standard InChI is InChI=1S/C15H23Cl2NO/c1-5-6-15(9-16,10-17)7-13-12(3)14(19-4)11(2)8-18-13/h8H,5-7,9-10H2,1-4H3. The van der Waals surface area contributed by atoms with Crippen LogP contribution >= 0.6 is 23.2 Å². The molecule has 0 aliphatic carbocycles. The van der Waals surface area contributed by atoms with Crippen molar-refractivity contribution in [3.63, 3.8) is 0 Å². The highest BCUT2D eigenvalue weighted by Crippen LogP contribution is 2.34. The predicted molar refractivity (Wildman–Crippen MR) is 82.7 cm³/mol. The van der Waals surface area contributed by atoms with Crippen LogP contribution in [0.3, 0.4) is 0 Å². The van der Waals surface area contributed by atoms with Crippen LogP contribution in [0.15, 0.2) is 6.20 Å². The van der Waals surface area contributed by atoms with E-state index in [9.17, 15) is 0 Å². The first-order valence-electron chi connectivity index (χ1n) is 6.64. The molecule has 2 nitrogen and oxygen atoms in total. The molecule has 19 heavy (non-hydrogen) atoms. The molecule has 0 unspecified atom stereocenters. The lowest BCUT2D eigenvalue weighted by Crippen LogP contribution is -2.29. The fraction of sp³-hybridized carbons (Fsp3) is 0.667. The van der Waals surface area contributed by atoms with Gasteiger partial charge >= 0.3 is 0 Å². The Kier molecular flexibility index (Phi) is 6.41. The topological polar surface area (TPSA) is 22.1 Å². The molecular formula is C15H23Cl2NO. The monoisotopic (exact) mass is 303 g/mol. The summed E-state index contributed by atoms with van der Waals surface area (Å²) in [6, 6.07) is 0. The van der Waals surface area contributed by atoms with E-state index >= 15 is 0 Å². The Hall–Kier alpha value is -0.470. The minimum Gasteiger partial charge on any atom is -0.496 e. The second-order valence-corrected chi connectivity index (χ2v) is 5.77. The molecule has 0 spiro atoms. The summed E-state index contributed by atoms with van der Waals surface area (Å²) in [4.78, 5) is 4.55. The molecule has 0 N–H and O–H groups in total. The average molecular weight is 304 g/mol. The van der Waals surface area contributed by atoms with Gasteiger partial charge in [-0.1, -0.05) is 13.3 Å². The number of nitrogens with zero attached hydrogens (tertiary/aromatic N) is 1. The summed E-state index contributed by atoms with van der Waals surface area (Å²) in [5.74, 6) is 2.03. The van der Waals surface area contributed by atoms with Crippen LogP contribution in [-0.4, -0.2) is 23.9 Å². The molecule has 0 atom stereocenters. The van der Waals surface area contributed by atoms with E-state index in [1.807, 2.05) is 20.0 Å². The Balaban J connectivity index is 3.10. The predicted octanol–water partition coefficient (Wildman–Crippen LogP) is 4.51. The zero-order valence-corrected chi connectivity index (χ0v) is 13.7. The summed E-state index contributed by atoms with van der Waals surface area (Å²) in [6.07, 6.45) is 4.75. The maximum Gasteiger partial charge on any atom is 0.128 e. The molecule has 0 fully saturated rings. The number of hydrogen-bond donors (Lipinski definition) is 0. The van der Waals surface area contributed by atoms with Crippen LogP contribution in [0.4, 0.5) is 0 Å². The van der Waals surface area contributed by atoms with Crippen LogP contribution in [-0.2, 0) is 6.42 Å². The first kappa shape index (κ1) is 16.6. The molecule has 0 amide bonds. The van der Waals surface area contributed by atoms with Gasteiger partial charge in [0.2, 0.25) is 0 Å². The zero-order chi connectivity index (χ0) is 14.5. The molecule has 1 aromatic rings. The summed E-state index contributed by atoms with van der Waals surface area (Å²) in [5, 5.41) is 0. The molecule has 0 aliphatic rings. The van der Waals surface area contributed by atoms with Crippen molar-refractivity contribution < 1.29 is 4.74 Å². The van der Waals surface area contributed by atoms with Crippen molar-refractivity contribution in [3.05, 3.63) is 23.0 Å². The van der Waals surface area contributed by atoms with Crippen LogP contribution in [0.25, 0.3) is 0 Å². The molecule has 0 aromatic carbocycles. The van der Waals surface area contributed by atoms with E-state index in [0.29, 0.717) is 11.8 Å². The average Bonchev–Trinajstić information content (AvgIpc) is 2.42. The Morgan fingerprint density at radius 3 is 2.37 bits per heavy atom. The van der Waals surface area contributed by atoms with Crippen LogP contribution < -0.4 is 4.74 Å². The van der Waals surface area contributed by atoms with Gasteiger partial charge in [-0.05, 0) is 26.7 Å². The van der Waals surface area contributed by atoms with Gasteiger partial charge in [0.1, 0.15) is 5.75 Å². The van der Waals surface area contributed by atoms with Gasteiger partial charge in [0.15, 0.2) is 0 Å². The third-order valence-electron chi connectivity index (χ3n) is 3.64. The SMILES string of the molecule is CCCC(CCl)(CCl)Cc1ncc(C)c(OC)c1C. The second-order valence-electron chi connectivity index (χ2n) is 5.24. The molecule has 0 bridgehead atoms. The van der Waals surface area contributed by atoms with Crippen LogP contribution in [0, 0.1) is 19.3 Å². The maximum atomic E-state index is 6.17. The highest BCUT2D eigenvalue weighted by Gasteiger charge is 2.29. The van der Waals surface area contributed by atoms with Crippen LogP contribution in [0.1, 0.15) is 36.6 Å². The van der Waals surface area contributed by atoms with Crippen molar-refractivity contribution in [3.8, 4) is 5.75 Å². The van der Waals surface area contributed by atoms with E-state index < -0.39 is 0 Å². The van der Waals surface area contributed by atoms with Gasteiger partial charge in [-0.15, -0.1) is 23.2 Å². The van der Waals surface area contributed by atoms with Gasteiger partial charge in [-0.2, -0.15) is 0 Å². The van der Waals surface area contributed by atoms with Gasteiger partial charge < -0.3 is 4.74 Å². The first-order chi connectivity index (χ1) is 9.03. The van der Waals surface area contributed by atoms with Crippen molar-refractivity contribution in [1.82, 2.24) is 4.98 Å². The smallest absolute Gasteiger partial charge is 0.128 e. The van der Waals surface area contributed by atoms with E-state index in [2.05, 4.69) is 11.9 Å². The lowest BCUT2D eigenvalue weighted by Gasteiger charge is -2.29. The largest absolute Gasteiger partial charge is 0.496 e. The van der Waals surface area contributed by atoms with Crippen LogP contribution in [0.2, 0.25) is 0 Å². The van der Waals surface area contributed by atoms with E-state index in [1.165, 1.54) is 0 Å². The fourth-order valence-corrected chi connectivity index (χ4v) is 3.23. The number of ether oxygens (including phenoxy) is 1. The van der Waals surface area contributed by atoms with Gasteiger partial charge in [-0.25, -0.2) is 0 Å². The lowest BCUT2D eigenvalue weighted by molar-refractivity contribution is 0.335. The molecule has 4 heteroatoms. The van der Waals surface area contributed by atoms with E-state index in [0.717, 1.165) is 41.8 Å². The number of methoxy groups -OCH3 is 1. The second kappa shape index (κ2) is 7.35. The van der Waals surface area contributed by atoms with E-state index in [4.69, 9.17) is 27.9 Å². The number of halogens is 2. The Morgan fingerprint density at radius 2 is 1.89 bits per heavy atom. The summed E-state index contributed by atoms with van der Waals surface area (Å²) in [5.41, 5.74) is 3.12. The number of hydrogen-bond acceptors (Lipinski definition) is 2. The molecule has 108 valence electrons. The lowest BCUT2D eigenvalue weighted by atomic mass is 9.81. The molecule has 0 radical (unpaired) electrons. The molecule has 1 rings (SSSR count). The molecule has 0 aliphatic heterocycles. The highest BCUT2D eigenvalue weighted by molar-refractivity contribution is 6.21. The number of alkyl halides is 2. The molecule has 1 heterocycles. The maximum absolute atomic E-state index is 6.17. The van der Waals surface area contributed by atoms with Gasteiger partial charge in [0.05, 0.1) is 7.11 Å². The highest BCUT2D eigenvalue weighted by atomic mass is 35.5. The zero-order valence-electron chi connectivity index (χ0n) is 12.2. The minimum atomic E-state index is -0.0735. The molecule has 0 saturated heterocycles. The van der Waals surface area contributed by atoms with E-state index in [-0.39, 0.29) is 5.41 Å². The molecule has 1 aromatic heterocycles. The molecular weight excluding hydrogens is 281 g/mol. The number of aromatic nitrogens is 1. The number of rotatable bonds is 7. The van der Waals surface area contributed by atoms with Crippen molar-refractivity contribution in [2.24, 2.45) is 5.41 Å². The Morgan fingerprint density at radius 1 is 1.26 bits per heavy atom. The fourth-order valence-electron chi connectivity index (χ4n) is 2.49. The van der Waals surface area contributed by atoms with Crippen molar-refractivity contribution in [1.29, 1.82) is 0 Å². The summed E-state index contributed by atoms with van der Waals surface area (Å²) >= 11 is 12.3. The Bertz CT molecular complexity index is 417. The third kappa shape index (κ3) is 3.76. The summed E-state index contributed by atoms with van der Waals surface area (Å²) in [6.45, 7) is 6.21. The van der Waals surface area contributed by atoms with Crippen molar-refractivity contribution in [2.75, 3.05) is 18.9 Å². The first-order valence-corrected chi connectivity index (χ1v) is 7.71. The minimum absolute atomic E-state index is 0.0735. The van der Waals surface area contributed by atoms with Gasteiger partial charge in [0.25, 0.3) is 0 Å². The van der Waals surface area contributed by atoms with Gasteiger partial charge in [0, 0.05) is 40.2 Å². The molecule has 0 saturated carbocycles. The van der Waals surface area contributed by atoms with E-state index in [1.54, 1.807) is 7.11 Å². The summed E-state index contributed by atoms with van der Waals surface area (Å²) < 4.78 is 5.45. The normalized spacial score (nSPS) is 11.7. The van der Waals surface area contributed by atoms with Crippen LogP contribution in [0.5, 0.6) is 5.75 Å². The van der Waals surface area contributed by atoms with Crippen molar-refractivity contribution in [2.45, 2.75) is 40.0 Å². The quantitative estimate of drug-likeness (QED) is 0.691. The summed E-state index contributed by atoms with van der Waals surface area (Å²) in [7, 11) is 1.70. The van der Waals surface area contributed by atoms with Gasteiger partial charge in [-0.3, -0.25) is 4.98 Å². The number of pyridine rings is 1. The van der Waals surface area contributed by atoms with Crippen molar-refractivity contribution >= 4 is 23.2 Å². The Labute approximate surface area is 126 Å².